The zero-order valence-corrected chi connectivity index (χ0v) is 20.2. The molecule has 3 rings (SSSR count). The first kappa shape index (κ1) is 25.0. The molecule has 2 aromatic heterocycles. The molecular weight excluding hydrogens is 446 g/mol. The molecule has 12 heteroatoms. The maximum absolute atomic E-state index is 13.1. The van der Waals surface area contributed by atoms with Crippen LogP contribution < -0.4 is 21.9 Å². The van der Waals surface area contributed by atoms with Gasteiger partial charge in [-0.15, -0.1) is 5.10 Å². The highest BCUT2D eigenvalue weighted by Gasteiger charge is 2.25. The summed E-state index contributed by atoms with van der Waals surface area (Å²) in [6, 6.07) is 0. The zero-order valence-electron chi connectivity index (χ0n) is 19.4. The Bertz CT molecular complexity index is 1060. The number of nitrogens with two attached hydrogens (primary N) is 1. The van der Waals surface area contributed by atoms with Crippen molar-refractivity contribution in [3.63, 3.8) is 0 Å². The van der Waals surface area contributed by atoms with Gasteiger partial charge in [0.1, 0.15) is 11.6 Å². The summed E-state index contributed by atoms with van der Waals surface area (Å²) < 4.78 is 6.40. The van der Waals surface area contributed by atoms with Crippen molar-refractivity contribution in [2.24, 2.45) is 11.8 Å². The standard InChI is InChI=1S/C21H33N7O4S/c1-13(2)11-28-18(22)17(19(30)24-21(28)31)27(8-9-32-3)16(29)12-33-20-23-15(25-26-20)10-14-6-4-5-7-14/h13-14H,4-12,22H2,1-3H3,(H,23,25,26)(H,24,30,31). The number of methoxy groups -OCH3 is 1. The highest BCUT2D eigenvalue weighted by Crippen LogP contribution is 2.27. The second-order valence-corrected chi connectivity index (χ2v) is 9.69. The van der Waals surface area contributed by atoms with Crippen LogP contribution >= 0.6 is 11.8 Å². The van der Waals surface area contributed by atoms with E-state index in [4.69, 9.17) is 10.5 Å². The van der Waals surface area contributed by atoms with Gasteiger partial charge in [0.05, 0.1) is 12.4 Å². The zero-order chi connectivity index (χ0) is 24.0. The fourth-order valence-corrected chi connectivity index (χ4v) is 4.75. The molecule has 0 aliphatic heterocycles. The van der Waals surface area contributed by atoms with Crippen LogP contribution in [0.15, 0.2) is 14.7 Å². The van der Waals surface area contributed by atoms with Crippen molar-refractivity contribution in [1.29, 1.82) is 0 Å². The SMILES string of the molecule is COCCN(C(=O)CSc1n[nH]c(CC2CCCC2)n1)c1c(N)n(CC(C)C)c(=O)[nH]c1=O. The Kier molecular flexibility index (Phi) is 8.73. The Hall–Kier alpha value is -2.60. The number of hydrogen-bond donors (Lipinski definition) is 3. The Morgan fingerprint density at radius 2 is 2.06 bits per heavy atom. The van der Waals surface area contributed by atoms with Crippen LogP contribution in [0.5, 0.6) is 0 Å². The minimum Gasteiger partial charge on any atom is -0.383 e. The molecular formula is C21H33N7O4S. The van der Waals surface area contributed by atoms with Crippen molar-refractivity contribution in [2.75, 3.05) is 36.6 Å². The molecule has 1 aliphatic carbocycles. The molecule has 2 heterocycles. The van der Waals surface area contributed by atoms with Crippen molar-refractivity contribution in [2.45, 2.75) is 57.7 Å². The number of carbonyl (C=O) groups is 1. The lowest BCUT2D eigenvalue weighted by Gasteiger charge is -2.24. The number of rotatable bonds is 11. The average Bonchev–Trinajstić information content (AvgIpc) is 3.44. The predicted octanol–water partition coefficient (Wildman–Crippen LogP) is 1.40. The molecule has 0 radical (unpaired) electrons. The van der Waals surface area contributed by atoms with Crippen molar-refractivity contribution in [1.82, 2.24) is 24.7 Å². The summed E-state index contributed by atoms with van der Waals surface area (Å²) in [7, 11) is 1.50. The summed E-state index contributed by atoms with van der Waals surface area (Å²) >= 11 is 1.19. The predicted molar refractivity (Wildman–Crippen MR) is 128 cm³/mol. The van der Waals surface area contributed by atoms with Gasteiger partial charge in [0.25, 0.3) is 5.56 Å². The first-order chi connectivity index (χ1) is 15.8. The molecule has 1 fully saturated rings. The number of nitrogens with zero attached hydrogens (tertiary/aromatic N) is 4. The molecule has 11 nitrogen and oxygen atoms in total. The van der Waals surface area contributed by atoms with Gasteiger partial charge in [-0.25, -0.2) is 9.78 Å². The second-order valence-electron chi connectivity index (χ2n) is 8.74. The van der Waals surface area contributed by atoms with E-state index in [2.05, 4.69) is 20.2 Å². The smallest absolute Gasteiger partial charge is 0.330 e. The number of aromatic nitrogens is 5. The van der Waals surface area contributed by atoms with E-state index < -0.39 is 11.2 Å². The van der Waals surface area contributed by atoms with Gasteiger partial charge < -0.3 is 15.4 Å². The van der Waals surface area contributed by atoms with Gasteiger partial charge >= 0.3 is 5.69 Å². The third-order valence-corrected chi connectivity index (χ3v) is 6.48. The van der Waals surface area contributed by atoms with Crippen LogP contribution in [0, 0.1) is 11.8 Å². The molecule has 1 saturated carbocycles. The number of ether oxygens (including phenoxy) is 1. The van der Waals surface area contributed by atoms with E-state index in [-0.39, 0.29) is 42.2 Å². The van der Waals surface area contributed by atoms with Crippen LogP contribution in [0.1, 0.15) is 45.4 Å². The molecule has 0 aromatic carbocycles. The Labute approximate surface area is 196 Å². The van der Waals surface area contributed by atoms with E-state index >= 15 is 0 Å². The molecule has 33 heavy (non-hydrogen) atoms. The Morgan fingerprint density at radius 1 is 1.33 bits per heavy atom. The van der Waals surface area contributed by atoms with E-state index in [1.54, 1.807) is 0 Å². The van der Waals surface area contributed by atoms with Crippen molar-refractivity contribution >= 4 is 29.2 Å². The summed E-state index contributed by atoms with van der Waals surface area (Å²) in [6.45, 7) is 4.49. The average molecular weight is 480 g/mol. The fourth-order valence-electron chi connectivity index (χ4n) is 4.05. The van der Waals surface area contributed by atoms with Crippen molar-refractivity contribution < 1.29 is 9.53 Å². The van der Waals surface area contributed by atoms with Crippen LogP contribution in [0.25, 0.3) is 0 Å². The van der Waals surface area contributed by atoms with Gasteiger partial charge in [-0.1, -0.05) is 51.3 Å². The van der Waals surface area contributed by atoms with Crippen molar-refractivity contribution in [3.8, 4) is 0 Å². The number of aromatic amines is 2. The maximum atomic E-state index is 13.1. The monoisotopic (exact) mass is 479 g/mol. The van der Waals surface area contributed by atoms with Gasteiger partial charge in [0.2, 0.25) is 11.1 Å². The van der Waals surface area contributed by atoms with Crippen LogP contribution in [-0.4, -0.2) is 56.7 Å². The molecule has 4 N–H and O–H groups in total. The summed E-state index contributed by atoms with van der Waals surface area (Å²) in [4.78, 5) is 46.1. The maximum Gasteiger partial charge on any atom is 0.330 e. The van der Waals surface area contributed by atoms with E-state index in [0.29, 0.717) is 17.6 Å². The van der Waals surface area contributed by atoms with Gasteiger partial charge in [0.15, 0.2) is 5.69 Å². The van der Waals surface area contributed by atoms with E-state index in [1.165, 1.54) is 54.0 Å². The lowest BCUT2D eigenvalue weighted by atomic mass is 10.0. The molecule has 0 spiro atoms. The summed E-state index contributed by atoms with van der Waals surface area (Å²) in [5.41, 5.74) is 4.85. The summed E-state index contributed by atoms with van der Waals surface area (Å²) in [5, 5.41) is 7.65. The van der Waals surface area contributed by atoms with Gasteiger partial charge in [-0.3, -0.25) is 24.2 Å². The van der Waals surface area contributed by atoms with Crippen LogP contribution in [-0.2, 0) is 22.5 Å². The molecule has 0 unspecified atom stereocenters. The topological polar surface area (TPSA) is 152 Å². The summed E-state index contributed by atoms with van der Waals surface area (Å²) in [6.07, 6.45) is 5.82. The molecule has 1 amide bonds. The second kappa shape index (κ2) is 11.5. The first-order valence-corrected chi connectivity index (χ1v) is 12.2. The third kappa shape index (κ3) is 6.47. The van der Waals surface area contributed by atoms with Crippen LogP contribution in [0.3, 0.4) is 0 Å². The minimum absolute atomic E-state index is 0.00657. The quantitative estimate of drug-likeness (QED) is 0.409. The fraction of sp³-hybridized carbons (Fsp3) is 0.667. The van der Waals surface area contributed by atoms with Gasteiger partial charge in [-0.2, -0.15) is 0 Å². The largest absolute Gasteiger partial charge is 0.383 e. The third-order valence-electron chi connectivity index (χ3n) is 5.64. The van der Waals surface area contributed by atoms with Gasteiger partial charge in [0, 0.05) is 26.6 Å². The molecule has 1 aliphatic rings. The van der Waals surface area contributed by atoms with E-state index in [0.717, 1.165) is 12.2 Å². The number of H-pyrrole nitrogens is 2. The highest BCUT2D eigenvalue weighted by atomic mass is 32.2. The highest BCUT2D eigenvalue weighted by molar-refractivity contribution is 7.99. The molecule has 0 saturated heterocycles. The van der Waals surface area contributed by atoms with Crippen molar-refractivity contribution in [3.05, 3.63) is 26.7 Å². The molecule has 0 atom stereocenters. The summed E-state index contributed by atoms with van der Waals surface area (Å²) in [5.74, 6) is 1.20. The molecule has 2 aromatic rings. The number of hydrogen-bond acceptors (Lipinski definition) is 8. The number of nitrogens with one attached hydrogen (secondary N) is 2. The number of thioether (sulfide) groups is 1. The lowest BCUT2D eigenvalue weighted by Crippen LogP contribution is -2.43. The lowest BCUT2D eigenvalue weighted by molar-refractivity contribution is -0.116. The number of amides is 1. The number of carbonyl (C=O) groups excluding carboxylic acids is 1. The first-order valence-electron chi connectivity index (χ1n) is 11.3. The minimum atomic E-state index is -0.705. The molecule has 0 bridgehead atoms. The van der Waals surface area contributed by atoms with E-state index in [9.17, 15) is 14.4 Å². The normalized spacial score (nSPS) is 14.3. The molecule has 182 valence electrons. The Balaban J connectivity index is 1.76. The van der Waals surface area contributed by atoms with E-state index in [1.807, 2.05) is 13.8 Å². The van der Waals surface area contributed by atoms with Crippen LogP contribution in [0.4, 0.5) is 11.5 Å². The van der Waals surface area contributed by atoms with Crippen LogP contribution in [0.2, 0.25) is 0 Å². The number of anilines is 2. The van der Waals surface area contributed by atoms with Gasteiger partial charge in [-0.05, 0) is 11.8 Å². The Morgan fingerprint density at radius 3 is 2.73 bits per heavy atom. The number of nitrogen functional groups attached to an aromatic ring is 1.